The van der Waals surface area contributed by atoms with Crippen LogP contribution in [0.4, 0.5) is 5.69 Å². The first kappa shape index (κ1) is 34.7. The van der Waals surface area contributed by atoms with Crippen molar-refractivity contribution in [3.05, 3.63) is 130 Å². The molecule has 0 aliphatic rings. The Morgan fingerprint density at radius 2 is 1.46 bits per heavy atom. The first-order chi connectivity index (χ1) is 21.9. The van der Waals surface area contributed by atoms with Crippen LogP contribution in [-0.4, -0.2) is 43.8 Å². The van der Waals surface area contributed by atoms with Crippen molar-refractivity contribution in [2.24, 2.45) is 0 Å². The normalized spacial score (nSPS) is 12.7. The van der Waals surface area contributed by atoms with Gasteiger partial charge in [0.25, 0.3) is 10.0 Å². The zero-order valence-corrected chi connectivity index (χ0v) is 28.6. The highest BCUT2D eigenvalue weighted by atomic mass is 35.5. The van der Waals surface area contributed by atoms with Gasteiger partial charge in [-0.05, 0) is 81.1 Å². The van der Waals surface area contributed by atoms with Gasteiger partial charge in [-0.3, -0.25) is 13.9 Å². The molecule has 0 bridgehead atoms. The molecule has 9 heteroatoms. The zero-order valence-electron chi connectivity index (χ0n) is 27.0. The molecule has 0 aromatic heterocycles. The van der Waals surface area contributed by atoms with Crippen LogP contribution in [0, 0.1) is 20.8 Å². The summed E-state index contributed by atoms with van der Waals surface area (Å²) in [5, 5.41) is 3.60. The molecule has 0 spiro atoms. The average Bonchev–Trinajstić information content (AvgIpc) is 3.03. The van der Waals surface area contributed by atoms with Gasteiger partial charge in [0.05, 0.1) is 10.6 Å². The molecule has 0 saturated carbocycles. The number of anilines is 1. The fourth-order valence-electron chi connectivity index (χ4n) is 5.22. The number of halogens is 1. The third-order valence-corrected chi connectivity index (χ3v) is 10.1. The molecule has 0 radical (unpaired) electrons. The van der Waals surface area contributed by atoms with Crippen LogP contribution in [0.3, 0.4) is 0 Å². The Kier molecular flexibility index (Phi) is 11.7. The Morgan fingerprint density at radius 1 is 0.826 bits per heavy atom. The van der Waals surface area contributed by atoms with Gasteiger partial charge in [0.2, 0.25) is 11.8 Å². The monoisotopic (exact) mass is 659 g/mol. The van der Waals surface area contributed by atoms with Gasteiger partial charge in [0, 0.05) is 24.0 Å². The van der Waals surface area contributed by atoms with Crippen LogP contribution in [0.5, 0.6) is 0 Å². The summed E-state index contributed by atoms with van der Waals surface area (Å²) in [6, 6.07) is 27.6. The number of carbonyl (C=O) groups excluding carboxylic acids is 2. The third kappa shape index (κ3) is 8.77. The predicted octanol–water partition coefficient (Wildman–Crippen LogP) is 7.02. The van der Waals surface area contributed by atoms with Gasteiger partial charge in [-0.15, -0.1) is 0 Å². The van der Waals surface area contributed by atoms with E-state index in [1.807, 2.05) is 77.1 Å². The number of benzene rings is 4. The molecule has 7 nitrogen and oxygen atoms in total. The van der Waals surface area contributed by atoms with Crippen LogP contribution in [-0.2, 0) is 32.6 Å². The fourth-order valence-corrected chi connectivity index (χ4v) is 6.82. The van der Waals surface area contributed by atoms with Crippen LogP contribution in [0.25, 0.3) is 0 Å². The van der Waals surface area contributed by atoms with Crippen molar-refractivity contribution in [1.29, 1.82) is 0 Å². The van der Waals surface area contributed by atoms with Crippen LogP contribution in [0.2, 0.25) is 5.02 Å². The van der Waals surface area contributed by atoms with Crippen molar-refractivity contribution in [2.45, 2.75) is 71.0 Å². The molecule has 242 valence electrons. The number of nitrogens with zero attached hydrogens (tertiary/aromatic N) is 2. The second-order valence-corrected chi connectivity index (χ2v) is 14.1. The summed E-state index contributed by atoms with van der Waals surface area (Å²) in [5.74, 6) is -0.814. The van der Waals surface area contributed by atoms with E-state index in [-0.39, 0.29) is 29.8 Å². The van der Waals surface area contributed by atoms with E-state index in [2.05, 4.69) is 5.32 Å². The minimum atomic E-state index is -4.17. The van der Waals surface area contributed by atoms with Crippen molar-refractivity contribution >= 4 is 39.1 Å². The number of carbonyl (C=O) groups is 2. The van der Waals surface area contributed by atoms with Gasteiger partial charge in [-0.1, -0.05) is 96.4 Å². The third-order valence-electron chi connectivity index (χ3n) is 8.05. The minimum Gasteiger partial charge on any atom is -0.352 e. The number of rotatable bonds is 13. The second-order valence-electron chi connectivity index (χ2n) is 11.8. The first-order valence-corrected chi connectivity index (χ1v) is 17.3. The molecule has 4 aromatic carbocycles. The minimum absolute atomic E-state index is 0.0745. The number of hydrogen-bond acceptors (Lipinski definition) is 4. The smallest absolute Gasteiger partial charge is 0.264 e. The SMILES string of the molecule is CCC(C)NC(=O)C(Cc1ccccc1)N(Cc1ccc(Cl)cc1)C(=O)CN(c1ccc(C)cc1C)S(=O)(=O)c1ccc(C)cc1. The molecule has 2 atom stereocenters. The molecule has 0 aliphatic carbocycles. The van der Waals surface area contributed by atoms with Gasteiger partial charge < -0.3 is 10.2 Å². The molecule has 4 aromatic rings. The van der Waals surface area contributed by atoms with E-state index in [1.165, 1.54) is 4.90 Å². The molecule has 2 amide bonds. The van der Waals surface area contributed by atoms with E-state index in [1.54, 1.807) is 54.6 Å². The summed E-state index contributed by atoms with van der Waals surface area (Å²) in [6.07, 6.45) is 0.959. The number of amides is 2. The van der Waals surface area contributed by atoms with Crippen LogP contribution < -0.4 is 9.62 Å². The molecular weight excluding hydrogens is 618 g/mol. The zero-order chi connectivity index (χ0) is 33.4. The van der Waals surface area contributed by atoms with E-state index >= 15 is 0 Å². The van der Waals surface area contributed by atoms with E-state index < -0.39 is 28.5 Å². The van der Waals surface area contributed by atoms with Crippen LogP contribution in [0.1, 0.15) is 48.1 Å². The molecule has 1 N–H and O–H groups in total. The van der Waals surface area contributed by atoms with E-state index in [0.29, 0.717) is 22.7 Å². The first-order valence-electron chi connectivity index (χ1n) is 15.4. The summed E-state index contributed by atoms with van der Waals surface area (Å²) in [4.78, 5) is 30.1. The summed E-state index contributed by atoms with van der Waals surface area (Å²) >= 11 is 6.17. The van der Waals surface area contributed by atoms with E-state index in [9.17, 15) is 18.0 Å². The van der Waals surface area contributed by atoms with Crippen LogP contribution >= 0.6 is 11.6 Å². The lowest BCUT2D eigenvalue weighted by atomic mass is 10.0. The average molecular weight is 660 g/mol. The van der Waals surface area contributed by atoms with Gasteiger partial charge in [0.1, 0.15) is 12.6 Å². The Bertz CT molecular complexity index is 1740. The van der Waals surface area contributed by atoms with Crippen molar-refractivity contribution in [3.63, 3.8) is 0 Å². The Labute approximate surface area is 278 Å². The topological polar surface area (TPSA) is 86.8 Å². The summed E-state index contributed by atoms with van der Waals surface area (Å²) in [5.41, 5.74) is 4.62. The van der Waals surface area contributed by atoms with Crippen molar-refractivity contribution < 1.29 is 18.0 Å². The molecule has 0 heterocycles. The fraction of sp³-hybridized carbons (Fsp3) is 0.297. The molecule has 2 unspecified atom stereocenters. The number of nitrogens with one attached hydrogen (secondary N) is 1. The van der Waals surface area contributed by atoms with Gasteiger partial charge >= 0.3 is 0 Å². The van der Waals surface area contributed by atoms with Crippen molar-refractivity contribution in [1.82, 2.24) is 10.2 Å². The quantitative estimate of drug-likeness (QED) is 0.167. The molecule has 46 heavy (non-hydrogen) atoms. The number of aryl methyl sites for hydroxylation is 3. The highest BCUT2D eigenvalue weighted by molar-refractivity contribution is 7.92. The summed E-state index contributed by atoms with van der Waals surface area (Å²) < 4.78 is 29.7. The van der Waals surface area contributed by atoms with Crippen LogP contribution in [0.15, 0.2) is 102 Å². The predicted molar refractivity (Wildman–Crippen MR) is 185 cm³/mol. The van der Waals surface area contributed by atoms with Crippen molar-refractivity contribution in [3.8, 4) is 0 Å². The second kappa shape index (κ2) is 15.4. The maximum absolute atomic E-state index is 14.6. The lowest BCUT2D eigenvalue weighted by Gasteiger charge is -2.34. The molecular formula is C37H42ClN3O4S. The molecule has 0 saturated heterocycles. The number of hydrogen-bond donors (Lipinski definition) is 1. The molecule has 0 fully saturated rings. The van der Waals surface area contributed by atoms with Gasteiger partial charge in [0.15, 0.2) is 0 Å². The Morgan fingerprint density at radius 3 is 2.07 bits per heavy atom. The van der Waals surface area contributed by atoms with Gasteiger partial charge in [-0.25, -0.2) is 8.42 Å². The maximum atomic E-state index is 14.6. The standard InChI is InChI=1S/C37H42ClN3O4S/c1-6-29(5)39-37(43)35(23-30-10-8-7-9-11-30)40(24-31-15-17-32(38)18-16-31)36(42)25-41(34-21-14-27(3)22-28(34)4)46(44,45)33-19-12-26(2)13-20-33/h7-22,29,35H,6,23-25H2,1-5H3,(H,39,43). The summed E-state index contributed by atoms with van der Waals surface area (Å²) in [7, 11) is -4.17. The Hall–Kier alpha value is -4.14. The summed E-state index contributed by atoms with van der Waals surface area (Å²) in [6.45, 7) is 9.10. The van der Waals surface area contributed by atoms with E-state index in [4.69, 9.17) is 11.6 Å². The lowest BCUT2D eigenvalue weighted by Crippen LogP contribution is -2.54. The number of sulfonamides is 1. The molecule has 4 rings (SSSR count). The van der Waals surface area contributed by atoms with Crippen molar-refractivity contribution in [2.75, 3.05) is 10.8 Å². The maximum Gasteiger partial charge on any atom is 0.264 e. The highest BCUT2D eigenvalue weighted by Crippen LogP contribution is 2.29. The lowest BCUT2D eigenvalue weighted by molar-refractivity contribution is -0.140. The molecule has 0 aliphatic heterocycles. The highest BCUT2D eigenvalue weighted by Gasteiger charge is 2.35. The Balaban J connectivity index is 1.83. The van der Waals surface area contributed by atoms with Gasteiger partial charge in [-0.2, -0.15) is 0 Å². The largest absolute Gasteiger partial charge is 0.352 e. The van der Waals surface area contributed by atoms with E-state index in [0.717, 1.165) is 26.6 Å².